The van der Waals surface area contributed by atoms with Crippen LogP contribution < -0.4 is 16.0 Å². The van der Waals surface area contributed by atoms with Crippen molar-refractivity contribution in [3.05, 3.63) is 42.5 Å². The van der Waals surface area contributed by atoms with Crippen molar-refractivity contribution in [1.29, 1.82) is 0 Å². The molecule has 3 N–H and O–H groups in total. The number of carbonyl (C=O) groups excluding carboxylic acids is 2. The van der Waals surface area contributed by atoms with Crippen LogP contribution in [0.2, 0.25) is 0 Å². The molecule has 0 aliphatic carbocycles. The molecule has 1 saturated heterocycles. The molecule has 0 saturated carbocycles. The van der Waals surface area contributed by atoms with Crippen LogP contribution in [0.15, 0.2) is 42.5 Å². The fourth-order valence-corrected chi connectivity index (χ4v) is 3.21. The van der Waals surface area contributed by atoms with Crippen molar-refractivity contribution in [2.24, 2.45) is 5.92 Å². The van der Waals surface area contributed by atoms with Crippen LogP contribution in [0.4, 0.5) is 5.69 Å². The first-order valence-electron chi connectivity index (χ1n) is 8.42. The van der Waals surface area contributed by atoms with Gasteiger partial charge in [-0.05, 0) is 37.8 Å². The van der Waals surface area contributed by atoms with Gasteiger partial charge in [-0.15, -0.1) is 0 Å². The molecule has 2 atom stereocenters. The summed E-state index contributed by atoms with van der Waals surface area (Å²) in [6, 6.07) is 14.0. The molecule has 126 valence electrons. The quantitative estimate of drug-likeness (QED) is 0.808. The van der Waals surface area contributed by atoms with Crippen LogP contribution in [0.1, 0.15) is 19.8 Å². The molecule has 5 heteroatoms. The molecule has 1 fully saturated rings. The molecule has 5 nitrogen and oxygen atoms in total. The molecular formula is C19H23N3O2. The monoisotopic (exact) mass is 325 g/mol. The van der Waals surface area contributed by atoms with E-state index in [0.29, 0.717) is 6.04 Å². The third kappa shape index (κ3) is 3.92. The van der Waals surface area contributed by atoms with E-state index < -0.39 is 0 Å². The van der Waals surface area contributed by atoms with E-state index in [-0.39, 0.29) is 24.3 Å². The fourth-order valence-electron chi connectivity index (χ4n) is 3.21. The Labute approximate surface area is 141 Å². The van der Waals surface area contributed by atoms with Gasteiger partial charge >= 0.3 is 0 Å². The minimum Gasteiger partial charge on any atom is -0.347 e. The van der Waals surface area contributed by atoms with E-state index in [1.54, 1.807) is 0 Å². The van der Waals surface area contributed by atoms with Gasteiger partial charge in [-0.25, -0.2) is 0 Å². The van der Waals surface area contributed by atoms with Crippen molar-refractivity contribution in [2.45, 2.75) is 25.8 Å². The topological polar surface area (TPSA) is 70.2 Å². The Hall–Kier alpha value is -2.40. The standard InChI is InChI=1S/C19H23N3O2/c1-13-11-15(9-10-20-13)19(24)21-12-18(23)22-17-8-4-6-14-5-2-3-7-16(14)17/h2-8,13,15,20H,9-12H2,1H3,(H,21,24)(H,22,23)/t13-,15-/m0/s1. The summed E-state index contributed by atoms with van der Waals surface area (Å²) in [4.78, 5) is 24.4. The Bertz CT molecular complexity index is 739. The Balaban J connectivity index is 1.56. The maximum atomic E-state index is 12.2. The summed E-state index contributed by atoms with van der Waals surface area (Å²) in [5, 5.41) is 11.0. The van der Waals surface area contributed by atoms with E-state index in [2.05, 4.69) is 22.9 Å². The largest absolute Gasteiger partial charge is 0.347 e. The summed E-state index contributed by atoms with van der Waals surface area (Å²) in [7, 11) is 0. The first-order valence-corrected chi connectivity index (χ1v) is 8.42. The van der Waals surface area contributed by atoms with E-state index in [9.17, 15) is 9.59 Å². The smallest absolute Gasteiger partial charge is 0.243 e. The molecule has 1 aliphatic rings. The van der Waals surface area contributed by atoms with Crippen LogP contribution in [0.25, 0.3) is 10.8 Å². The number of rotatable bonds is 4. The molecular weight excluding hydrogens is 302 g/mol. The number of amides is 2. The van der Waals surface area contributed by atoms with Crippen LogP contribution >= 0.6 is 0 Å². The summed E-state index contributed by atoms with van der Waals surface area (Å²) in [5.74, 6) is -0.246. The average molecular weight is 325 g/mol. The van der Waals surface area contributed by atoms with Gasteiger partial charge in [0.25, 0.3) is 0 Å². The number of fused-ring (bicyclic) bond motifs is 1. The van der Waals surface area contributed by atoms with Crippen LogP contribution in [-0.4, -0.2) is 30.9 Å². The highest BCUT2D eigenvalue weighted by Crippen LogP contribution is 2.22. The number of piperidine rings is 1. The summed E-state index contributed by atoms with van der Waals surface area (Å²) in [6.07, 6.45) is 1.64. The van der Waals surface area contributed by atoms with Gasteiger partial charge in [-0.1, -0.05) is 36.4 Å². The summed E-state index contributed by atoms with van der Waals surface area (Å²) in [5.41, 5.74) is 0.767. The third-order valence-electron chi connectivity index (χ3n) is 4.48. The van der Waals surface area contributed by atoms with E-state index in [4.69, 9.17) is 0 Å². The van der Waals surface area contributed by atoms with Gasteiger partial charge in [0.1, 0.15) is 0 Å². The third-order valence-corrected chi connectivity index (χ3v) is 4.48. The van der Waals surface area contributed by atoms with Gasteiger partial charge in [0.05, 0.1) is 6.54 Å². The summed E-state index contributed by atoms with van der Waals surface area (Å²) >= 11 is 0. The lowest BCUT2D eigenvalue weighted by Gasteiger charge is -2.27. The van der Waals surface area contributed by atoms with Gasteiger partial charge in [-0.3, -0.25) is 9.59 Å². The van der Waals surface area contributed by atoms with Crippen molar-refractivity contribution < 1.29 is 9.59 Å². The Kier molecular flexibility index (Phi) is 5.11. The van der Waals surface area contributed by atoms with Crippen molar-refractivity contribution in [3.63, 3.8) is 0 Å². The lowest BCUT2D eigenvalue weighted by Crippen LogP contribution is -2.44. The van der Waals surface area contributed by atoms with Gasteiger partial charge in [0.15, 0.2) is 0 Å². The summed E-state index contributed by atoms with van der Waals surface area (Å²) < 4.78 is 0. The zero-order valence-corrected chi connectivity index (χ0v) is 13.8. The number of hydrogen-bond donors (Lipinski definition) is 3. The van der Waals surface area contributed by atoms with Crippen molar-refractivity contribution in [3.8, 4) is 0 Å². The summed E-state index contributed by atoms with van der Waals surface area (Å²) in [6.45, 7) is 2.93. The number of anilines is 1. The molecule has 2 amide bonds. The zero-order chi connectivity index (χ0) is 16.9. The normalized spacial score (nSPS) is 20.5. The molecule has 1 heterocycles. The molecule has 0 bridgehead atoms. The predicted octanol–water partition coefficient (Wildman–Crippen LogP) is 2.28. The lowest BCUT2D eigenvalue weighted by atomic mass is 9.92. The Morgan fingerprint density at radius 3 is 2.79 bits per heavy atom. The van der Waals surface area contributed by atoms with Crippen LogP contribution in [-0.2, 0) is 9.59 Å². The Morgan fingerprint density at radius 2 is 1.96 bits per heavy atom. The molecule has 0 radical (unpaired) electrons. The first kappa shape index (κ1) is 16.5. The molecule has 0 spiro atoms. The van der Waals surface area contributed by atoms with Crippen molar-refractivity contribution in [2.75, 3.05) is 18.4 Å². The fraction of sp³-hybridized carbons (Fsp3) is 0.368. The highest BCUT2D eigenvalue weighted by atomic mass is 16.2. The van der Waals surface area contributed by atoms with Gasteiger partial charge in [0, 0.05) is 23.0 Å². The molecule has 0 unspecified atom stereocenters. The maximum absolute atomic E-state index is 12.2. The lowest BCUT2D eigenvalue weighted by molar-refractivity contribution is -0.128. The number of hydrogen-bond acceptors (Lipinski definition) is 3. The van der Waals surface area contributed by atoms with Gasteiger partial charge < -0.3 is 16.0 Å². The number of carbonyl (C=O) groups is 2. The molecule has 0 aromatic heterocycles. The van der Waals surface area contributed by atoms with E-state index >= 15 is 0 Å². The van der Waals surface area contributed by atoms with E-state index in [0.717, 1.165) is 35.8 Å². The van der Waals surface area contributed by atoms with Gasteiger partial charge in [0.2, 0.25) is 11.8 Å². The molecule has 2 aromatic rings. The zero-order valence-electron chi connectivity index (χ0n) is 13.8. The minimum absolute atomic E-state index is 0.000361. The van der Waals surface area contributed by atoms with E-state index in [1.165, 1.54) is 0 Å². The maximum Gasteiger partial charge on any atom is 0.243 e. The highest BCUT2D eigenvalue weighted by molar-refractivity contribution is 6.03. The van der Waals surface area contributed by atoms with Crippen LogP contribution in [0, 0.1) is 5.92 Å². The van der Waals surface area contributed by atoms with Crippen LogP contribution in [0.5, 0.6) is 0 Å². The Morgan fingerprint density at radius 1 is 1.17 bits per heavy atom. The number of benzene rings is 2. The second-order valence-electron chi connectivity index (χ2n) is 6.37. The van der Waals surface area contributed by atoms with E-state index in [1.807, 2.05) is 42.5 Å². The second kappa shape index (κ2) is 7.45. The highest BCUT2D eigenvalue weighted by Gasteiger charge is 2.24. The molecule has 24 heavy (non-hydrogen) atoms. The predicted molar refractivity (Wildman–Crippen MR) is 95.8 cm³/mol. The second-order valence-corrected chi connectivity index (χ2v) is 6.37. The minimum atomic E-state index is -0.207. The molecule has 2 aromatic carbocycles. The molecule has 3 rings (SSSR count). The van der Waals surface area contributed by atoms with Crippen molar-refractivity contribution in [1.82, 2.24) is 10.6 Å². The molecule has 1 aliphatic heterocycles. The SMILES string of the molecule is C[C@H]1C[C@@H](C(=O)NCC(=O)Nc2cccc3ccccc23)CCN1. The number of nitrogens with one attached hydrogen (secondary N) is 3. The van der Waals surface area contributed by atoms with Gasteiger partial charge in [-0.2, -0.15) is 0 Å². The average Bonchev–Trinajstić information content (AvgIpc) is 2.60. The van der Waals surface area contributed by atoms with Crippen LogP contribution in [0.3, 0.4) is 0 Å². The van der Waals surface area contributed by atoms with Crippen molar-refractivity contribution >= 4 is 28.3 Å². The first-order chi connectivity index (χ1) is 11.6.